The van der Waals surface area contributed by atoms with E-state index in [1.165, 1.54) is 11.3 Å². The van der Waals surface area contributed by atoms with Gasteiger partial charge in [0.1, 0.15) is 0 Å². The number of thiophene rings is 1. The highest BCUT2D eigenvalue weighted by Gasteiger charge is 2.28. The summed E-state index contributed by atoms with van der Waals surface area (Å²) in [5.74, 6) is -0.422. The molecule has 0 unspecified atom stereocenters. The first kappa shape index (κ1) is 12.2. The highest BCUT2D eigenvalue weighted by atomic mass is 32.1. The lowest BCUT2D eigenvalue weighted by Crippen LogP contribution is -2.10. The zero-order chi connectivity index (χ0) is 11.6. The molecule has 0 atom stereocenters. The Labute approximate surface area is 89.9 Å². The summed E-state index contributed by atoms with van der Waals surface area (Å²) < 4.78 is 35.7. The standard InChI is InChI=1S/C10H11F3OS/c1-6-5-8(7(2)15-6)9(14)3-4-10(11,12)13/h5H,3-4H2,1-2H3. The predicted molar refractivity (Wildman–Crippen MR) is 53.4 cm³/mol. The van der Waals surface area contributed by atoms with Gasteiger partial charge in [-0.15, -0.1) is 11.3 Å². The second-order valence-corrected chi connectivity index (χ2v) is 4.83. The van der Waals surface area contributed by atoms with Gasteiger partial charge >= 0.3 is 6.18 Å². The number of carbonyl (C=O) groups excluding carboxylic acids is 1. The average Bonchev–Trinajstić information content (AvgIpc) is 2.40. The predicted octanol–water partition coefficient (Wildman–Crippen LogP) is 3.89. The smallest absolute Gasteiger partial charge is 0.294 e. The van der Waals surface area contributed by atoms with Gasteiger partial charge in [0.15, 0.2) is 5.78 Å². The molecule has 1 aromatic heterocycles. The molecule has 0 aliphatic rings. The minimum absolute atomic E-state index is 0.422. The fourth-order valence-electron chi connectivity index (χ4n) is 1.30. The Balaban J connectivity index is 2.66. The summed E-state index contributed by atoms with van der Waals surface area (Å²) in [6.07, 6.45) is -5.75. The molecular formula is C10H11F3OS. The number of rotatable bonds is 3. The van der Waals surface area contributed by atoms with E-state index in [0.717, 1.165) is 9.75 Å². The van der Waals surface area contributed by atoms with E-state index in [2.05, 4.69) is 0 Å². The van der Waals surface area contributed by atoms with Crippen LogP contribution in [-0.2, 0) is 0 Å². The largest absolute Gasteiger partial charge is 0.389 e. The molecule has 0 aromatic carbocycles. The molecule has 1 aromatic rings. The van der Waals surface area contributed by atoms with Crippen LogP contribution in [0.25, 0.3) is 0 Å². The molecular weight excluding hydrogens is 225 g/mol. The van der Waals surface area contributed by atoms with E-state index in [9.17, 15) is 18.0 Å². The lowest BCUT2D eigenvalue weighted by Gasteiger charge is -2.04. The molecule has 0 bridgehead atoms. The Kier molecular flexibility index (Phi) is 3.54. The number of Topliss-reactive ketones (excluding diaryl/α,β-unsaturated/α-hetero) is 1. The van der Waals surface area contributed by atoms with Crippen LogP contribution in [-0.4, -0.2) is 12.0 Å². The van der Waals surface area contributed by atoms with Crippen LogP contribution in [0.2, 0.25) is 0 Å². The number of ketones is 1. The van der Waals surface area contributed by atoms with Gasteiger partial charge in [-0.25, -0.2) is 0 Å². The molecule has 15 heavy (non-hydrogen) atoms. The summed E-state index contributed by atoms with van der Waals surface area (Å²) in [7, 11) is 0. The highest BCUT2D eigenvalue weighted by Crippen LogP contribution is 2.26. The van der Waals surface area contributed by atoms with E-state index in [0.29, 0.717) is 5.56 Å². The second kappa shape index (κ2) is 4.35. The van der Waals surface area contributed by atoms with Gasteiger partial charge in [-0.1, -0.05) is 0 Å². The molecule has 5 heteroatoms. The number of hydrogen-bond donors (Lipinski definition) is 0. The summed E-state index contributed by atoms with van der Waals surface area (Å²) in [6, 6.07) is 1.65. The number of carbonyl (C=O) groups is 1. The van der Waals surface area contributed by atoms with Crippen molar-refractivity contribution in [1.29, 1.82) is 0 Å². The lowest BCUT2D eigenvalue weighted by atomic mass is 10.1. The van der Waals surface area contributed by atoms with E-state index >= 15 is 0 Å². The number of halogens is 3. The average molecular weight is 236 g/mol. The fourth-order valence-corrected chi connectivity index (χ4v) is 2.24. The fraction of sp³-hybridized carbons (Fsp3) is 0.500. The van der Waals surface area contributed by atoms with Crippen LogP contribution < -0.4 is 0 Å². The van der Waals surface area contributed by atoms with E-state index in [1.807, 2.05) is 6.92 Å². The summed E-state index contributed by atoms with van der Waals surface area (Å²) in [5, 5.41) is 0. The molecule has 0 fully saturated rings. The van der Waals surface area contributed by atoms with Crippen LogP contribution in [0.1, 0.15) is 33.0 Å². The Bertz CT molecular complexity index is 365. The van der Waals surface area contributed by atoms with Crippen molar-refractivity contribution in [3.05, 3.63) is 21.4 Å². The van der Waals surface area contributed by atoms with Crippen LogP contribution in [0.5, 0.6) is 0 Å². The van der Waals surface area contributed by atoms with Crippen molar-refractivity contribution in [2.24, 2.45) is 0 Å². The third-order valence-corrected chi connectivity index (χ3v) is 2.94. The molecule has 84 valence electrons. The topological polar surface area (TPSA) is 17.1 Å². The first-order valence-corrected chi connectivity index (χ1v) is 5.28. The SMILES string of the molecule is Cc1cc(C(=O)CCC(F)(F)F)c(C)s1. The van der Waals surface area contributed by atoms with Crippen molar-refractivity contribution >= 4 is 17.1 Å². The van der Waals surface area contributed by atoms with Gasteiger partial charge in [-0.05, 0) is 19.9 Å². The Morgan fingerprint density at radius 2 is 2.00 bits per heavy atom. The van der Waals surface area contributed by atoms with Gasteiger partial charge in [-0.3, -0.25) is 4.79 Å². The number of hydrogen-bond acceptors (Lipinski definition) is 2. The zero-order valence-electron chi connectivity index (χ0n) is 8.44. The minimum atomic E-state index is -4.26. The van der Waals surface area contributed by atoms with Crippen LogP contribution in [0, 0.1) is 13.8 Å². The maximum Gasteiger partial charge on any atom is 0.389 e. The molecule has 1 rings (SSSR count). The molecule has 0 saturated heterocycles. The lowest BCUT2D eigenvalue weighted by molar-refractivity contribution is -0.133. The van der Waals surface area contributed by atoms with Gasteiger partial charge < -0.3 is 0 Å². The zero-order valence-corrected chi connectivity index (χ0v) is 9.26. The number of aryl methyl sites for hydroxylation is 2. The van der Waals surface area contributed by atoms with Crippen LogP contribution >= 0.6 is 11.3 Å². The molecule has 0 aliphatic carbocycles. The molecule has 0 amide bonds. The van der Waals surface area contributed by atoms with Crippen molar-refractivity contribution in [2.75, 3.05) is 0 Å². The second-order valence-electron chi connectivity index (χ2n) is 3.37. The van der Waals surface area contributed by atoms with E-state index < -0.39 is 24.8 Å². The van der Waals surface area contributed by atoms with Gasteiger partial charge in [0.05, 0.1) is 6.42 Å². The molecule has 0 spiro atoms. The highest BCUT2D eigenvalue weighted by molar-refractivity contribution is 7.12. The maximum atomic E-state index is 11.9. The van der Waals surface area contributed by atoms with Crippen molar-refractivity contribution in [2.45, 2.75) is 32.9 Å². The molecule has 1 heterocycles. The van der Waals surface area contributed by atoms with E-state index in [-0.39, 0.29) is 0 Å². The quantitative estimate of drug-likeness (QED) is 0.727. The Hall–Kier alpha value is -0.840. The number of alkyl halides is 3. The summed E-state index contributed by atoms with van der Waals surface area (Å²) in [4.78, 5) is 13.2. The van der Waals surface area contributed by atoms with E-state index in [1.54, 1.807) is 13.0 Å². The normalized spacial score (nSPS) is 11.8. The van der Waals surface area contributed by atoms with Crippen LogP contribution in [0.4, 0.5) is 13.2 Å². The van der Waals surface area contributed by atoms with Crippen molar-refractivity contribution in [1.82, 2.24) is 0 Å². The first-order chi connectivity index (χ1) is 6.79. The Morgan fingerprint density at radius 1 is 1.40 bits per heavy atom. The summed E-state index contributed by atoms with van der Waals surface area (Å²) in [5.41, 5.74) is 0.432. The van der Waals surface area contributed by atoms with Gasteiger partial charge in [0.2, 0.25) is 0 Å². The van der Waals surface area contributed by atoms with Crippen LogP contribution in [0.15, 0.2) is 6.07 Å². The van der Waals surface area contributed by atoms with Crippen molar-refractivity contribution in [3.63, 3.8) is 0 Å². The van der Waals surface area contributed by atoms with Crippen LogP contribution in [0.3, 0.4) is 0 Å². The molecule has 0 radical (unpaired) electrons. The van der Waals surface area contributed by atoms with Gasteiger partial charge in [-0.2, -0.15) is 13.2 Å². The Morgan fingerprint density at radius 3 is 2.40 bits per heavy atom. The van der Waals surface area contributed by atoms with Crippen molar-refractivity contribution < 1.29 is 18.0 Å². The van der Waals surface area contributed by atoms with E-state index in [4.69, 9.17) is 0 Å². The minimum Gasteiger partial charge on any atom is -0.294 e. The summed E-state index contributed by atoms with van der Waals surface area (Å²) >= 11 is 1.43. The monoisotopic (exact) mass is 236 g/mol. The third kappa shape index (κ3) is 3.66. The third-order valence-electron chi connectivity index (χ3n) is 1.98. The van der Waals surface area contributed by atoms with Gasteiger partial charge in [0, 0.05) is 21.7 Å². The molecule has 0 N–H and O–H groups in total. The summed E-state index contributed by atoms with van der Waals surface area (Å²) in [6.45, 7) is 3.58. The van der Waals surface area contributed by atoms with Gasteiger partial charge in [0.25, 0.3) is 0 Å². The first-order valence-electron chi connectivity index (χ1n) is 4.46. The molecule has 0 aliphatic heterocycles. The van der Waals surface area contributed by atoms with Crippen molar-refractivity contribution in [3.8, 4) is 0 Å². The molecule has 1 nitrogen and oxygen atoms in total. The maximum absolute atomic E-state index is 11.9. The molecule has 0 saturated carbocycles.